The third-order valence-corrected chi connectivity index (χ3v) is 10.4. The van der Waals surface area contributed by atoms with E-state index in [9.17, 15) is 33.6 Å². The second-order valence-corrected chi connectivity index (χ2v) is 15.6. The van der Waals surface area contributed by atoms with Gasteiger partial charge in [-0.1, -0.05) is 162 Å². The molecule has 12 nitrogen and oxygen atoms in total. The molecule has 7 unspecified atom stereocenters. The van der Waals surface area contributed by atoms with Crippen LogP contribution in [0.15, 0.2) is 0 Å². The summed E-state index contributed by atoms with van der Waals surface area (Å²) < 4.78 is 47.4. The number of amides is 1. The Balaban J connectivity index is 2.57. The minimum atomic E-state index is -5.07. The molecule has 51 heavy (non-hydrogen) atoms. The third-order valence-electron chi connectivity index (χ3n) is 9.92. The molecule has 0 spiro atoms. The first-order valence-electron chi connectivity index (χ1n) is 20.4. The number of nitrogens with one attached hydrogen (secondary N) is 1. The highest BCUT2D eigenvalue weighted by Gasteiger charge is 2.48. The Labute approximate surface area is 309 Å². The summed E-state index contributed by atoms with van der Waals surface area (Å²) >= 11 is 0. The molecule has 13 heteroatoms. The normalized spacial score (nSPS) is 22.2. The second kappa shape index (κ2) is 30.4. The van der Waals surface area contributed by atoms with Gasteiger partial charge in [-0.25, -0.2) is 4.18 Å². The topological polar surface area (TPSA) is 192 Å². The molecule has 0 aliphatic carbocycles. The third kappa shape index (κ3) is 24.2. The molecule has 0 saturated carbocycles. The summed E-state index contributed by atoms with van der Waals surface area (Å²) in [6.07, 6.45) is 19.7. The zero-order valence-corrected chi connectivity index (χ0v) is 32.8. The van der Waals surface area contributed by atoms with Gasteiger partial charge in [-0.3, -0.25) is 9.35 Å². The van der Waals surface area contributed by atoms with Crippen molar-refractivity contribution in [3.05, 3.63) is 0 Å². The van der Waals surface area contributed by atoms with Crippen molar-refractivity contribution in [2.24, 2.45) is 0 Å². The van der Waals surface area contributed by atoms with Crippen LogP contribution in [0.2, 0.25) is 0 Å². The lowest BCUT2D eigenvalue weighted by atomic mass is 9.99. The number of hydrogen-bond donors (Lipinski definition) is 6. The van der Waals surface area contributed by atoms with Crippen molar-refractivity contribution in [1.82, 2.24) is 5.32 Å². The van der Waals surface area contributed by atoms with Gasteiger partial charge in [-0.15, -0.1) is 0 Å². The lowest BCUT2D eigenvalue weighted by Gasteiger charge is -2.41. The molecular formula is C38H75NO11S. The molecule has 1 rings (SSSR count). The molecule has 6 N–H and O–H groups in total. The van der Waals surface area contributed by atoms with Crippen LogP contribution in [0, 0.1) is 0 Å². The fourth-order valence-electron chi connectivity index (χ4n) is 6.69. The molecule has 1 heterocycles. The molecular weight excluding hydrogens is 678 g/mol. The number of aliphatic hydroxyl groups excluding tert-OH is 4. The maximum atomic E-state index is 12.9. The minimum Gasteiger partial charge on any atom is -0.394 e. The lowest BCUT2D eigenvalue weighted by molar-refractivity contribution is -0.298. The van der Waals surface area contributed by atoms with E-state index in [1.807, 2.05) is 0 Å². The van der Waals surface area contributed by atoms with Gasteiger partial charge in [-0.05, 0) is 12.8 Å². The number of carbonyl (C=O) groups is 1. The number of unbranched alkanes of at least 4 members (excludes halogenated alkanes) is 22. The molecule has 0 aromatic heterocycles. The molecule has 0 aromatic carbocycles. The average Bonchev–Trinajstić information content (AvgIpc) is 3.09. The summed E-state index contributed by atoms with van der Waals surface area (Å²) in [7, 11) is -5.07. The zero-order chi connectivity index (χ0) is 37.7. The first-order chi connectivity index (χ1) is 24.5. The highest BCUT2D eigenvalue weighted by Crippen LogP contribution is 2.26. The van der Waals surface area contributed by atoms with Crippen LogP contribution in [0.1, 0.15) is 181 Å². The van der Waals surface area contributed by atoms with E-state index in [1.54, 1.807) is 0 Å². The van der Waals surface area contributed by atoms with Crippen LogP contribution < -0.4 is 5.32 Å². The zero-order valence-electron chi connectivity index (χ0n) is 31.9. The van der Waals surface area contributed by atoms with Crippen LogP contribution in [-0.2, 0) is 28.9 Å². The highest BCUT2D eigenvalue weighted by atomic mass is 32.3. The van der Waals surface area contributed by atoms with E-state index < -0.39 is 59.9 Å². The molecule has 1 aliphatic rings. The van der Waals surface area contributed by atoms with Gasteiger partial charge in [0.1, 0.15) is 24.4 Å². The SMILES string of the molecule is CCCCCCCCCCCCCCCC(=O)NC(COC1OC(CO)C(O)C(OS(=O)(=O)O)C1O)C(O)CCCCCCCCCCCCC. The maximum absolute atomic E-state index is 12.9. The second-order valence-electron chi connectivity index (χ2n) is 14.6. The molecule has 1 saturated heterocycles. The summed E-state index contributed by atoms with van der Waals surface area (Å²) in [6.45, 7) is 3.41. The Bertz CT molecular complexity index is 941. The van der Waals surface area contributed by atoms with Crippen LogP contribution >= 0.6 is 0 Å². The summed E-state index contributed by atoms with van der Waals surface area (Å²) in [5.41, 5.74) is 0. The number of ether oxygens (including phenoxy) is 2. The quantitative estimate of drug-likeness (QED) is 0.0304. The molecule has 1 amide bonds. The van der Waals surface area contributed by atoms with Gasteiger partial charge in [-0.2, -0.15) is 8.42 Å². The van der Waals surface area contributed by atoms with Crippen LogP contribution in [0.25, 0.3) is 0 Å². The van der Waals surface area contributed by atoms with Crippen molar-refractivity contribution in [3.8, 4) is 0 Å². The molecule has 7 atom stereocenters. The van der Waals surface area contributed by atoms with Gasteiger partial charge in [0, 0.05) is 6.42 Å². The molecule has 304 valence electrons. The van der Waals surface area contributed by atoms with Crippen LogP contribution in [0.3, 0.4) is 0 Å². The number of rotatable bonds is 34. The predicted molar refractivity (Wildman–Crippen MR) is 199 cm³/mol. The van der Waals surface area contributed by atoms with E-state index in [-0.39, 0.29) is 12.5 Å². The Morgan fingerprint density at radius 3 is 1.57 bits per heavy atom. The Morgan fingerprint density at radius 1 is 0.706 bits per heavy atom. The van der Waals surface area contributed by atoms with Crippen molar-refractivity contribution in [2.45, 2.75) is 224 Å². The molecule has 0 bridgehead atoms. The van der Waals surface area contributed by atoms with E-state index in [0.29, 0.717) is 12.8 Å². The minimum absolute atomic E-state index is 0.231. The van der Waals surface area contributed by atoms with Crippen LogP contribution in [0.4, 0.5) is 0 Å². The van der Waals surface area contributed by atoms with Gasteiger partial charge in [0.05, 0.1) is 25.4 Å². The Kier molecular flexibility index (Phi) is 28.7. The van der Waals surface area contributed by atoms with Crippen molar-refractivity contribution in [1.29, 1.82) is 0 Å². The Morgan fingerprint density at radius 2 is 1.14 bits per heavy atom. The van der Waals surface area contributed by atoms with Gasteiger partial charge in [0.15, 0.2) is 6.29 Å². The van der Waals surface area contributed by atoms with Crippen LogP contribution in [0.5, 0.6) is 0 Å². The van der Waals surface area contributed by atoms with Gasteiger partial charge in [0.2, 0.25) is 5.91 Å². The summed E-state index contributed by atoms with van der Waals surface area (Å²) in [6, 6.07) is -0.848. The molecule has 1 aliphatic heterocycles. The summed E-state index contributed by atoms with van der Waals surface area (Å²) in [4.78, 5) is 12.9. The highest BCUT2D eigenvalue weighted by molar-refractivity contribution is 7.80. The van der Waals surface area contributed by atoms with E-state index in [4.69, 9.17) is 14.0 Å². The van der Waals surface area contributed by atoms with Gasteiger partial charge < -0.3 is 35.2 Å². The largest absolute Gasteiger partial charge is 0.397 e. The van der Waals surface area contributed by atoms with Crippen molar-refractivity contribution >= 4 is 16.3 Å². The fourth-order valence-corrected chi connectivity index (χ4v) is 7.20. The lowest BCUT2D eigenvalue weighted by Crippen LogP contribution is -2.61. The molecule has 0 radical (unpaired) electrons. The average molecular weight is 754 g/mol. The first kappa shape index (κ1) is 48.1. The van der Waals surface area contributed by atoms with Gasteiger partial charge in [0.25, 0.3) is 0 Å². The van der Waals surface area contributed by atoms with Crippen molar-refractivity contribution in [3.63, 3.8) is 0 Å². The molecule has 1 fully saturated rings. The molecule has 0 aromatic rings. The fraction of sp³-hybridized carbons (Fsp3) is 0.974. The van der Waals surface area contributed by atoms with E-state index in [1.165, 1.54) is 103 Å². The number of carbonyl (C=O) groups excluding carboxylic acids is 1. The predicted octanol–water partition coefficient (Wildman–Crippen LogP) is 6.66. The maximum Gasteiger partial charge on any atom is 0.397 e. The summed E-state index contributed by atoms with van der Waals surface area (Å²) in [5.74, 6) is -0.231. The van der Waals surface area contributed by atoms with Gasteiger partial charge >= 0.3 is 10.4 Å². The first-order valence-corrected chi connectivity index (χ1v) is 21.8. The standard InChI is InChI=1S/C38H75NO11S/c1-3-5-7-9-11-13-15-16-18-20-22-24-26-28-34(42)39-31(32(41)27-25-23-21-19-17-14-12-10-8-6-4-2)30-48-38-36(44)37(50-51(45,46)47)35(43)33(29-40)49-38/h31-33,35-38,40-41,43-44H,3-30H2,1-2H3,(H,39,42)(H,45,46,47). The number of aliphatic hydroxyl groups is 4. The summed E-state index contributed by atoms with van der Waals surface area (Å²) in [5, 5.41) is 44.6. The van der Waals surface area contributed by atoms with Crippen LogP contribution in [-0.4, -0.2) is 95.4 Å². The smallest absolute Gasteiger partial charge is 0.394 e. The van der Waals surface area contributed by atoms with Crippen molar-refractivity contribution in [2.75, 3.05) is 13.2 Å². The monoisotopic (exact) mass is 754 g/mol. The Hall–Kier alpha value is -0.900. The number of hydrogen-bond acceptors (Lipinski definition) is 10. The van der Waals surface area contributed by atoms with Crippen molar-refractivity contribution < 1.29 is 51.8 Å². The van der Waals surface area contributed by atoms with E-state index >= 15 is 0 Å². The van der Waals surface area contributed by atoms with E-state index in [2.05, 4.69) is 23.3 Å². The van der Waals surface area contributed by atoms with E-state index in [0.717, 1.165) is 51.4 Å².